The third-order valence-corrected chi connectivity index (χ3v) is 4.33. The van der Waals surface area contributed by atoms with Crippen LogP contribution in [0.4, 0.5) is 10.1 Å². The van der Waals surface area contributed by atoms with Gasteiger partial charge in [-0.1, -0.05) is 18.2 Å². The lowest BCUT2D eigenvalue weighted by Crippen LogP contribution is -2.27. The molecule has 0 aliphatic carbocycles. The molecule has 3 aromatic rings. The van der Waals surface area contributed by atoms with Gasteiger partial charge in [-0.3, -0.25) is 14.4 Å². The predicted molar refractivity (Wildman–Crippen MR) is 107 cm³/mol. The number of halogens is 1. The summed E-state index contributed by atoms with van der Waals surface area (Å²) < 4.78 is 19.2. The molecule has 1 aromatic heterocycles. The summed E-state index contributed by atoms with van der Waals surface area (Å²) in [5, 5.41) is 11.6. The molecule has 1 heterocycles. The van der Waals surface area contributed by atoms with Gasteiger partial charge in [-0.15, -0.1) is 10.2 Å². The van der Waals surface area contributed by atoms with Crippen molar-refractivity contribution in [2.24, 2.45) is 0 Å². The zero-order valence-corrected chi connectivity index (χ0v) is 16.6. The number of amides is 2. The van der Waals surface area contributed by atoms with E-state index in [1.165, 1.54) is 26.3 Å². The van der Waals surface area contributed by atoms with E-state index in [-0.39, 0.29) is 23.6 Å². The first-order chi connectivity index (χ1) is 14.5. The highest BCUT2D eigenvalue weighted by Crippen LogP contribution is 2.20. The van der Waals surface area contributed by atoms with E-state index in [4.69, 9.17) is 9.25 Å². The molecule has 8 nitrogen and oxygen atoms in total. The van der Waals surface area contributed by atoms with Crippen LogP contribution in [0.25, 0.3) is 11.5 Å². The van der Waals surface area contributed by atoms with E-state index in [2.05, 4.69) is 15.5 Å². The molecule has 0 fully saturated rings. The van der Waals surface area contributed by atoms with Crippen molar-refractivity contribution >= 4 is 17.5 Å². The monoisotopic (exact) mass is 412 g/mol. The Balaban J connectivity index is 1.57. The quantitative estimate of drug-likeness (QED) is 0.569. The molecule has 0 bridgehead atoms. The molecular weight excluding hydrogens is 391 g/mol. The fraction of sp³-hybridized carbons (Fsp3) is 0.238. The Labute approximate surface area is 172 Å². The Kier molecular flexibility index (Phi) is 6.87. The van der Waals surface area contributed by atoms with Crippen molar-refractivity contribution in [3.05, 3.63) is 65.8 Å². The zero-order chi connectivity index (χ0) is 21.5. The molecule has 0 aliphatic rings. The van der Waals surface area contributed by atoms with Crippen molar-refractivity contribution in [2.75, 3.05) is 19.5 Å². The van der Waals surface area contributed by atoms with Crippen molar-refractivity contribution in [1.82, 2.24) is 15.3 Å². The van der Waals surface area contributed by atoms with E-state index in [9.17, 15) is 14.0 Å². The number of hydroxylamine groups is 2. The third kappa shape index (κ3) is 5.26. The summed E-state index contributed by atoms with van der Waals surface area (Å²) in [5.74, 6) is -0.635. The van der Waals surface area contributed by atoms with Gasteiger partial charge < -0.3 is 9.73 Å². The van der Waals surface area contributed by atoms with Crippen LogP contribution < -0.4 is 5.32 Å². The second kappa shape index (κ2) is 9.75. The molecular formula is C21H21FN4O4. The first kappa shape index (κ1) is 21.1. The molecule has 0 saturated carbocycles. The number of hydrogen-bond acceptors (Lipinski definition) is 6. The minimum atomic E-state index is -0.591. The van der Waals surface area contributed by atoms with Crippen LogP contribution in [0.5, 0.6) is 0 Å². The van der Waals surface area contributed by atoms with E-state index in [0.717, 1.165) is 16.7 Å². The molecule has 0 atom stereocenters. The van der Waals surface area contributed by atoms with Crippen molar-refractivity contribution in [3.8, 4) is 11.5 Å². The standard InChI is InChI=1S/C21H21FN4O4/c1-26(29-2)21(28)16-13-15(22)11-12-17(16)23-18(27)9-6-10-19-24-25-20(30-19)14-7-4-3-5-8-14/h3-5,7-8,11-13H,6,9-10H2,1-2H3,(H,23,27). The Morgan fingerprint density at radius 3 is 2.67 bits per heavy atom. The third-order valence-electron chi connectivity index (χ3n) is 4.33. The van der Waals surface area contributed by atoms with Crippen LogP contribution in [-0.2, 0) is 16.1 Å². The fourth-order valence-corrected chi connectivity index (χ4v) is 2.72. The van der Waals surface area contributed by atoms with Gasteiger partial charge in [0, 0.05) is 25.5 Å². The molecule has 30 heavy (non-hydrogen) atoms. The molecule has 0 saturated heterocycles. The van der Waals surface area contributed by atoms with Gasteiger partial charge in [-0.05, 0) is 36.8 Å². The van der Waals surface area contributed by atoms with Gasteiger partial charge in [0.05, 0.1) is 18.4 Å². The number of anilines is 1. The van der Waals surface area contributed by atoms with E-state index < -0.39 is 11.7 Å². The summed E-state index contributed by atoms with van der Waals surface area (Å²) >= 11 is 0. The summed E-state index contributed by atoms with van der Waals surface area (Å²) in [5.41, 5.74) is 1.03. The Morgan fingerprint density at radius 1 is 1.17 bits per heavy atom. The highest BCUT2D eigenvalue weighted by atomic mass is 19.1. The van der Waals surface area contributed by atoms with Crippen molar-refractivity contribution < 1.29 is 23.2 Å². The number of aryl methyl sites for hydroxylation is 1. The number of benzene rings is 2. The van der Waals surface area contributed by atoms with E-state index in [1.807, 2.05) is 30.3 Å². The number of aromatic nitrogens is 2. The van der Waals surface area contributed by atoms with Crippen molar-refractivity contribution in [2.45, 2.75) is 19.3 Å². The number of nitrogens with zero attached hydrogens (tertiary/aromatic N) is 3. The molecule has 2 amide bonds. The highest BCUT2D eigenvalue weighted by molar-refractivity contribution is 6.03. The summed E-state index contributed by atoms with van der Waals surface area (Å²) in [4.78, 5) is 29.4. The normalized spacial score (nSPS) is 10.6. The molecule has 9 heteroatoms. The lowest BCUT2D eigenvalue weighted by Gasteiger charge is -2.16. The first-order valence-corrected chi connectivity index (χ1v) is 9.27. The molecule has 156 valence electrons. The van der Waals surface area contributed by atoms with Crippen LogP contribution in [0.3, 0.4) is 0 Å². The van der Waals surface area contributed by atoms with Gasteiger partial charge in [0.2, 0.25) is 17.7 Å². The Morgan fingerprint density at radius 2 is 1.93 bits per heavy atom. The average Bonchev–Trinajstić information content (AvgIpc) is 3.23. The van der Waals surface area contributed by atoms with Crippen molar-refractivity contribution in [1.29, 1.82) is 0 Å². The zero-order valence-electron chi connectivity index (χ0n) is 16.6. The molecule has 0 aliphatic heterocycles. The van der Waals surface area contributed by atoms with Gasteiger partial charge in [-0.2, -0.15) is 0 Å². The number of hydrogen-bond donors (Lipinski definition) is 1. The Hall–Kier alpha value is -3.59. The summed E-state index contributed by atoms with van der Waals surface area (Å²) in [7, 11) is 2.71. The van der Waals surface area contributed by atoms with Crippen molar-refractivity contribution in [3.63, 3.8) is 0 Å². The van der Waals surface area contributed by atoms with E-state index >= 15 is 0 Å². The topological polar surface area (TPSA) is 97.6 Å². The van der Waals surface area contributed by atoms with Gasteiger partial charge in [-0.25, -0.2) is 9.45 Å². The van der Waals surface area contributed by atoms with Gasteiger partial charge in [0.15, 0.2) is 0 Å². The lowest BCUT2D eigenvalue weighted by molar-refractivity contribution is -0.116. The highest BCUT2D eigenvalue weighted by Gasteiger charge is 2.18. The Bertz CT molecular complexity index is 1020. The second-order valence-electron chi connectivity index (χ2n) is 6.44. The first-order valence-electron chi connectivity index (χ1n) is 9.27. The molecule has 1 N–H and O–H groups in total. The lowest BCUT2D eigenvalue weighted by atomic mass is 10.1. The van der Waals surface area contributed by atoms with E-state index in [0.29, 0.717) is 24.6 Å². The molecule has 0 unspecified atom stereocenters. The SMILES string of the molecule is CON(C)C(=O)c1cc(F)ccc1NC(=O)CCCc1nnc(-c2ccccc2)o1. The molecule has 0 spiro atoms. The minimum absolute atomic E-state index is 0.00268. The number of carbonyl (C=O) groups is 2. The van der Waals surface area contributed by atoms with E-state index in [1.54, 1.807) is 0 Å². The summed E-state index contributed by atoms with van der Waals surface area (Å²) in [6.45, 7) is 0. The van der Waals surface area contributed by atoms with Gasteiger partial charge in [0.1, 0.15) is 5.82 Å². The van der Waals surface area contributed by atoms with Crippen LogP contribution >= 0.6 is 0 Å². The number of rotatable bonds is 8. The molecule has 0 radical (unpaired) electrons. The summed E-state index contributed by atoms with van der Waals surface area (Å²) in [6.07, 6.45) is 1.05. The van der Waals surface area contributed by atoms with Crippen LogP contribution in [0, 0.1) is 5.82 Å². The maximum Gasteiger partial charge on any atom is 0.279 e. The minimum Gasteiger partial charge on any atom is -0.421 e. The van der Waals surface area contributed by atoms with Crippen LogP contribution in [-0.4, -0.2) is 41.2 Å². The average molecular weight is 412 g/mol. The molecule has 3 rings (SSSR count). The predicted octanol–water partition coefficient (Wildman–Crippen LogP) is 3.47. The maximum absolute atomic E-state index is 13.6. The van der Waals surface area contributed by atoms with Crippen LogP contribution in [0.15, 0.2) is 52.9 Å². The smallest absolute Gasteiger partial charge is 0.279 e. The summed E-state index contributed by atoms with van der Waals surface area (Å²) in [6, 6.07) is 13.0. The largest absolute Gasteiger partial charge is 0.421 e. The molecule has 2 aromatic carbocycles. The number of nitrogens with one attached hydrogen (secondary N) is 1. The van der Waals surface area contributed by atoms with Gasteiger partial charge in [0.25, 0.3) is 5.91 Å². The van der Waals surface area contributed by atoms with Crippen LogP contribution in [0.1, 0.15) is 29.1 Å². The second-order valence-corrected chi connectivity index (χ2v) is 6.44. The fourth-order valence-electron chi connectivity index (χ4n) is 2.72. The van der Waals surface area contributed by atoms with Crippen LogP contribution in [0.2, 0.25) is 0 Å². The number of carbonyl (C=O) groups excluding carboxylic acids is 2. The maximum atomic E-state index is 13.6. The van der Waals surface area contributed by atoms with Gasteiger partial charge >= 0.3 is 0 Å².